The highest BCUT2D eigenvalue weighted by atomic mass is 32.1. The molecule has 7 heteroatoms. The van der Waals surface area contributed by atoms with Crippen LogP contribution in [0, 0.1) is 11.8 Å². The molecule has 132 valence electrons. The number of aromatic nitrogens is 1. The average Bonchev–Trinajstić information content (AvgIpc) is 2.87. The van der Waals surface area contributed by atoms with Crippen LogP contribution in [0.3, 0.4) is 0 Å². The zero-order chi connectivity index (χ0) is 17.1. The highest BCUT2D eigenvalue weighted by Crippen LogP contribution is 2.29. The van der Waals surface area contributed by atoms with Gasteiger partial charge in [-0.05, 0) is 38.0 Å². The maximum absolute atomic E-state index is 12.5. The van der Waals surface area contributed by atoms with E-state index in [1.807, 2.05) is 6.92 Å². The van der Waals surface area contributed by atoms with Crippen LogP contribution in [0.5, 0.6) is 0 Å². The normalized spacial score (nSPS) is 24.6. The first-order chi connectivity index (χ1) is 11.5. The van der Waals surface area contributed by atoms with Gasteiger partial charge in [-0.2, -0.15) is 0 Å². The van der Waals surface area contributed by atoms with Crippen molar-refractivity contribution < 1.29 is 14.7 Å². The number of thiazole rings is 1. The molecule has 2 atom stereocenters. The molecule has 0 aromatic carbocycles. The van der Waals surface area contributed by atoms with Gasteiger partial charge in [0.15, 0.2) is 5.13 Å². The Morgan fingerprint density at radius 1 is 1.21 bits per heavy atom. The zero-order valence-corrected chi connectivity index (χ0v) is 14.9. The van der Waals surface area contributed by atoms with Gasteiger partial charge in [0.1, 0.15) is 0 Å². The number of piperidine rings is 1. The molecule has 2 heterocycles. The Morgan fingerprint density at radius 3 is 2.71 bits per heavy atom. The van der Waals surface area contributed by atoms with Crippen LogP contribution in [0.1, 0.15) is 49.6 Å². The summed E-state index contributed by atoms with van der Waals surface area (Å²) in [5.74, 6) is -1.10. The molecule has 24 heavy (non-hydrogen) atoms. The van der Waals surface area contributed by atoms with Crippen molar-refractivity contribution in [2.45, 2.75) is 51.9 Å². The fourth-order valence-corrected chi connectivity index (χ4v) is 4.67. The Morgan fingerprint density at radius 2 is 1.96 bits per heavy atom. The average molecular weight is 351 g/mol. The molecule has 2 aliphatic rings. The monoisotopic (exact) mass is 351 g/mol. The molecular formula is C17H25N3O3S. The maximum atomic E-state index is 12.5. The Kier molecular flexibility index (Phi) is 5.38. The van der Waals surface area contributed by atoms with Crippen molar-refractivity contribution in [3.8, 4) is 0 Å². The molecule has 1 saturated heterocycles. The second-order valence-corrected chi connectivity index (χ2v) is 8.10. The number of rotatable bonds is 2. The molecule has 1 aromatic rings. The molecule has 0 saturated carbocycles. The fourth-order valence-electron chi connectivity index (χ4n) is 3.63. The van der Waals surface area contributed by atoms with Gasteiger partial charge in [0.25, 0.3) is 0 Å². The molecule has 6 nitrogen and oxygen atoms in total. The van der Waals surface area contributed by atoms with E-state index in [9.17, 15) is 14.7 Å². The number of aliphatic carboxylic acids is 1. The molecule has 3 rings (SSSR count). The molecule has 1 aromatic heterocycles. The Balaban J connectivity index is 1.66. The molecule has 0 bridgehead atoms. The molecule has 2 unspecified atom stereocenters. The molecule has 1 fully saturated rings. The van der Waals surface area contributed by atoms with Gasteiger partial charge in [-0.3, -0.25) is 10.1 Å². The zero-order valence-electron chi connectivity index (χ0n) is 14.1. The summed E-state index contributed by atoms with van der Waals surface area (Å²) in [6.45, 7) is 2.86. The first-order valence-corrected chi connectivity index (χ1v) is 9.62. The van der Waals surface area contributed by atoms with E-state index >= 15 is 0 Å². The van der Waals surface area contributed by atoms with Crippen LogP contribution < -0.4 is 5.32 Å². The number of fused-ring (bicyclic) bond motifs is 1. The third-order valence-electron chi connectivity index (χ3n) is 4.86. The summed E-state index contributed by atoms with van der Waals surface area (Å²) in [6.07, 6.45) is 7.53. The van der Waals surface area contributed by atoms with E-state index in [2.05, 4.69) is 10.3 Å². The maximum Gasteiger partial charge on any atom is 0.323 e. The van der Waals surface area contributed by atoms with Crippen molar-refractivity contribution in [3.05, 3.63) is 10.6 Å². The predicted molar refractivity (Wildman–Crippen MR) is 93.5 cm³/mol. The largest absolute Gasteiger partial charge is 0.481 e. The minimum atomic E-state index is -0.823. The van der Waals surface area contributed by atoms with Gasteiger partial charge in [0.2, 0.25) is 0 Å². The third kappa shape index (κ3) is 4.06. The highest BCUT2D eigenvalue weighted by Gasteiger charge is 2.32. The first kappa shape index (κ1) is 17.2. The molecule has 1 aliphatic heterocycles. The number of carbonyl (C=O) groups excluding carboxylic acids is 1. The van der Waals surface area contributed by atoms with E-state index in [0.717, 1.165) is 25.0 Å². The van der Waals surface area contributed by atoms with Crippen LogP contribution in [0.4, 0.5) is 9.93 Å². The molecule has 2 N–H and O–H groups in total. The number of carboxylic acid groups (broad SMARTS) is 1. The first-order valence-electron chi connectivity index (χ1n) is 8.80. The van der Waals surface area contributed by atoms with Crippen molar-refractivity contribution in [1.82, 2.24) is 9.88 Å². The van der Waals surface area contributed by atoms with E-state index in [-0.39, 0.29) is 18.5 Å². The second-order valence-electron chi connectivity index (χ2n) is 7.01. The lowest BCUT2D eigenvalue weighted by molar-refractivity contribution is -0.143. The number of likely N-dealkylation sites (tertiary alicyclic amines) is 1. The molecule has 0 spiro atoms. The SMILES string of the molecule is CC1CC(C(=O)O)CN(C(=O)Nc2nc3c(s2)CCCCCC3)C1. The van der Waals surface area contributed by atoms with E-state index in [4.69, 9.17) is 0 Å². The summed E-state index contributed by atoms with van der Waals surface area (Å²) >= 11 is 1.57. The lowest BCUT2D eigenvalue weighted by Crippen LogP contribution is -2.47. The topological polar surface area (TPSA) is 82.5 Å². The summed E-state index contributed by atoms with van der Waals surface area (Å²) in [4.78, 5) is 31.3. The summed E-state index contributed by atoms with van der Waals surface area (Å²) in [6, 6.07) is -0.227. The molecule has 1 aliphatic carbocycles. The number of hydrogen-bond acceptors (Lipinski definition) is 4. The Hall–Kier alpha value is -1.63. The van der Waals surface area contributed by atoms with Crippen LogP contribution in [-0.2, 0) is 17.6 Å². The smallest absolute Gasteiger partial charge is 0.323 e. The standard InChI is InChI=1S/C17H25N3O3S/c1-11-8-12(15(21)22)10-20(9-11)17(23)19-16-18-13-6-4-2-3-5-7-14(13)24-16/h11-12H,2-10H2,1H3,(H,21,22)(H,18,19,23). The predicted octanol–water partition coefficient (Wildman–Crippen LogP) is 3.38. The Bertz CT molecular complexity index is 591. The summed E-state index contributed by atoms with van der Waals surface area (Å²) < 4.78 is 0. The summed E-state index contributed by atoms with van der Waals surface area (Å²) in [5, 5.41) is 12.8. The van der Waals surface area contributed by atoms with Gasteiger partial charge >= 0.3 is 12.0 Å². The van der Waals surface area contributed by atoms with Crippen molar-refractivity contribution in [2.24, 2.45) is 11.8 Å². The lowest BCUT2D eigenvalue weighted by atomic mass is 9.91. The van der Waals surface area contributed by atoms with E-state index in [0.29, 0.717) is 18.1 Å². The summed E-state index contributed by atoms with van der Waals surface area (Å²) in [5.41, 5.74) is 1.13. The lowest BCUT2D eigenvalue weighted by Gasteiger charge is -2.34. The molecular weight excluding hydrogens is 326 g/mol. The number of hydrogen-bond donors (Lipinski definition) is 2. The minimum absolute atomic E-state index is 0.196. The van der Waals surface area contributed by atoms with Crippen molar-refractivity contribution >= 4 is 28.5 Å². The third-order valence-corrected chi connectivity index (χ3v) is 5.93. The van der Waals surface area contributed by atoms with Gasteiger partial charge in [-0.25, -0.2) is 9.78 Å². The van der Waals surface area contributed by atoms with E-state index < -0.39 is 11.9 Å². The number of urea groups is 1. The molecule has 2 amide bonds. The second kappa shape index (κ2) is 7.51. The van der Waals surface area contributed by atoms with Gasteiger partial charge in [-0.1, -0.05) is 19.8 Å². The van der Waals surface area contributed by atoms with E-state index in [1.54, 1.807) is 16.2 Å². The highest BCUT2D eigenvalue weighted by molar-refractivity contribution is 7.15. The number of aryl methyl sites for hydroxylation is 2. The van der Waals surface area contributed by atoms with Crippen molar-refractivity contribution in [3.63, 3.8) is 0 Å². The quantitative estimate of drug-likeness (QED) is 0.856. The number of anilines is 1. The number of carboxylic acids is 1. The number of carbonyl (C=O) groups is 2. The summed E-state index contributed by atoms with van der Waals surface area (Å²) in [7, 11) is 0. The van der Waals surface area contributed by atoms with Gasteiger partial charge in [0, 0.05) is 18.0 Å². The number of nitrogens with zero attached hydrogens (tertiary/aromatic N) is 2. The van der Waals surface area contributed by atoms with Crippen LogP contribution in [0.2, 0.25) is 0 Å². The van der Waals surface area contributed by atoms with Gasteiger partial charge in [-0.15, -0.1) is 11.3 Å². The van der Waals surface area contributed by atoms with Crippen molar-refractivity contribution in [1.29, 1.82) is 0 Å². The number of nitrogens with one attached hydrogen (secondary N) is 1. The van der Waals surface area contributed by atoms with Crippen molar-refractivity contribution in [2.75, 3.05) is 18.4 Å². The van der Waals surface area contributed by atoms with Crippen LogP contribution in [-0.4, -0.2) is 40.1 Å². The minimum Gasteiger partial charge on any atom is -0.481 e. The van der Waals surface area contributed by atoms with Crippen LogP contribution in [0.25, 0.3) is 0 Å². The van der Waals surface area contributed by atoms with Gasteiger partial charge < -0.3 is 10.0 Å². The van der Waals surface area contributed by atoms with Gasteiger partial charge in [0.05, 0.1) is 11.6 Å². The fraction of sp³-hybridized carbons (Fsp3) is 0.706. The number of amides is 2. The van der Waals surface area contributed by atoms with E-state index in [1.165, 1.54) is 24.1 Å². The van der Waals surface area contributed by atoms with Crippen LogP contribution in [0.15, 0.2) is 0 Å². The Labute approximate surface area is 146 Å². The van der Waals surface area contributed by atoms with Crippen LogP contribution >= 0.6 is 11.3 Å². The molecule has 0 radical (unpaired) electrons.